The highest BCUT2D eigenvalue weighted by atomic mass is 32.2. The number of aliphatic hydroxyl groups excluding tert-OH is 2. The van der Waals surface area contributed by atoms with Crippen molar-refractivity contribution in [1.29, 1.82) is 0 Å². The summed E-state index contributed by atoms with van der Waals surface area (Å²) < 4.78 is 0. The molecule has 0 saturated carbocycles. The van der Waals surface area contributed by atoms with Crippen LogP contribution in [0.3, 0.4) is 0 Å². The van der Waals surface area contributed by atoms with Crippen LogP contribution in [-0.2, 0) is 0 Å². The molecule has 0 heterocycles. The molecule has 0 unspecified atom stereocenters. The summed E-state index contributed by atoms with van der Waals surface area (Å²) in [6.45, 7) is 4.27. The Kier molecular flexibility index (Phi) is 5.97. The molecule has 0 radical (unpaired) electrons. The summed E-state index contributed by atoms with van der Waals surface area (Å²) in [6, 6.07) is 0. The molecule has 0 aromatic carbocycles. The summed E-state index contributed by atoms with van der Waals surface area (Å²) in [6.07, 6.45) is 2.93. The van der Waals surface area contributed by atoms with Crippen LogP contribution in [0.15, 0.2) is 0 Å². The fraction of sp³-hybridized carbons (Fsp3) is 1.00. The number of hydrogen-bond acceptors (Lipinski definition) is 3. The number of hydrogen-bond donors (Lipinski definition) is 2. The van der Waals surface area contributed by atoms with Crippen LogP contribution >= 0.6 is 11.8 Å². The number of rotatable bonds is 6. The van der Waals surface area contributed by atoms with Crippen molar-refractivity contribution < 1.29 is 10.2 Å². The van der Waals surface area contributed by atoms with Gasteiger partial charge in [-0.25, -0.2) is 0 Å². The van der Waals surface area contributed by atoms with Crippen LogP contribution < -0.4 is 0 Å². The highest BCUT2D eigenvalue weighted by molar-refractivity contribution is 7.98. The SMILES string of the molecule is CSCCC(CO)(CO)C(C)C. The van der Waals surface area contributed by atoms with Gasteiger partial charge in [0, 0.05) is 5.41 Å². The Labute approximate surface area is 79.4 Å². The summed E-state index contributed by atoms with van der Waals surface area (Å²) in [5.41, 5.74) is -0.275. The molecule has 0 bridgehead atoms. The maximum absolute atomic E-state index is 9.20. The van der Waals surface area contributed by atoms with E-state index in [0.717, 1.165) is 12.2 Å². The Hall–Kier alpha value is 0.270. The van der Waals surface area contributed by atoms with Gasteiger partial charge in [-0.2, -0.15) is 11.8 Å². The summed E-state index contributed by atoms with van der Waals surface area (Å²) in [4.78, 5) is 0. The molecule has 0 aliphatic carbocycles. The van der Waals surface area contributed by atoms with Gasteiger partial charge in [0.15, 0.2) is 0 Å². The van der Waals surface area contributed by atoms with Crippen molar-refractivity contribution in [1.82, 2.24) is 0 Å². The van der Waals surface area contributed by atoms with Gasteiger partial charge in [0.25, 0.3) is 0 Å². The lowest BCUT2D eigenvalue weighted by molar-refractivity contribution is 0.0139. The Morgan fingerprint density at radius 3 is 2.00 bits per heavy atom. The molecule has 0 aliphatic heterocycles. The predicted molar refractivity (Wildman–Crippen MR) is 54.4 cm³/mol. The zero-order chi connectivity index (χ0) is 9.61. The van der Waals surface area contributed by atoms with Crippen LogP contribution in [-0.4, -0.2) is 35.4 Å². The van der Waals surface area contributed by atoms with Gasteiger partial charge in [-0.1, -0.05) is 13.8 Å². The molecule has 12 heavy (non-hydrogen) atoms. The first-order valence-corrected chi connectivity index (χ1v) is 5.73. The molecule has 2 N–H and O–H groups in total. The average Bonchev–Trinajstić information content (AvgIpc) is 2.07. The molecule has 0 spiro atoms. The van der Waals surface area contributed by atoms with E-state index in [4.69, 9.17) is 0 Å². The average molecular weight is 192 g/mol. The van der Waals surface area contributed by atoms with E-state index in [2.05, 4.69) is 0 Å². The van der Waals surface area contributed by atoms with Crippen molar-refractivity contribution in [3.63, 3.8) is 0 Å². The second kappa shape index (κ2) is 5.84. The maximum atomic E-state index is 9.20. The minimum absolute atomic E-state index is 0.0850. The van der Waals surface area contributed by atoms with Crippen LogP contribution in [0.4, 0.5) is 0 Å². The molecule has 0 aromatic heterocycles. The van der Waals surface area contributed by atoms with E-state index in [9.17, 15) is 10.2 Å². The van der Waals surface area contributed by atoms with Gasteiger partial charge in [0.05, 0.1) is 13.2 Å². The Balaban J connectivity index is 4.15. The van der Waals surface area contributed by atoms with Gasteiger partial charge in [-0.3, -0.25) is 0 Å². The van der Waals surface area contributed by atoms with Gasteiger partial charge in [0.1, 0.15) is 0 Å². The predicted octanol–water partition coefficient (Wildman–Crippen LogP) is 1.37. The first-order valence-electron chi connectivity index (χ1n) is 4.33. The fourth-order valence-electron chi connectivity index (χ4n) is 1.17. The van der Waals surface area contributed by atoms with Gasteiger partial charge in [0.2, 0.25) is 0 Å². The van der Waals surface area contributed by atoms with Crippen LogP contribution in [0.1, 0.15) is 20.3 Å². The highest BCUT2D eigenvalue weighted by Gasteiger charge is 2.31. The van der Waals surface area contributed by atoms with E-state index in [1.54, 1.807) is 11.8 Å². The van der Waals surface area contributed by atoms with Crippen molar-refractivity contribution >= 4 is 11.8 Å². The van der Waals surface area contributed by atoms with Gasteiger partial charge >= 0.3 is 0 Å². The minimum Gasteiger partial charge on any atom is -0.396 e. The number of thioether (sulfide) groups is 1. The molecule has 0 rings (SSSR count). The standard InChI is InChI=1S/C9H20O2S/c1-8(2)9(6-10,7-11)4-5-12-3/h8,10-11H,4-7H2,1-3H3. The Morgan fingerprint density at radius 2 is 1.75 bits per heavy atom. The first-order chi connectivity index (χ1) is 5.63. The molecule has 2 nitrogen and oxygen atoms in total. The second-order valence-electron chi connectivity index (χ2n) is 3.58. The summed E-state index contributed by atoms with van der Waals surface area (Å²) in [5, 5.41) is 18.4. The highest BCUT2D eigenvalue weighted by Crippen LogP contribution is 2.31. The molecule has 0 aromatic rings. The van der Waals surface area contributed by atoms with Gasteiger partial charge in [-0.15, -0.1) is 0 Å². The third-order valence-corrected chi connectivity index (χ3v) is 3.27. The second-order valence-corrected chi connectivity index (χ2v) is 4.56. The molecule has 3 heteroatoms. The third-order valence-electron chi connectivity index (χ3n) is 2.66. The topological polar surface area (TPSA) is 40.5 Å². The van der Waals surface area contributed by atoms with E-state index < -0.39 is 0 Å². The quantitative estimate of drug-likeness (QED) is 0.667. The van der Waals surface area contributed by atoms with Crippen LogP contribution in [0.5, 0.6) is 0 Å². The molecule has 0 aliphatic rings. The molecule has 0 amide bonds. The van der Waals surface area contributed by atoms with E-state index in [1.807, 2.05) is 20.1 Å². The Morgan fingerprint density at radius 1 is 1.25 bits per heavy atom. The Bertz CT molecular complexity index is 111. The van der Waals surface area contributed by atoms with Crippen LogP contribution in [0.2, 0.25) is 0 Å². The van der Waals surface area contributed by atoms with Crippen molar-refractivity contribution in [2.75, 3.05) is 25.2 Å². The molecule has 0 fully saturated rings. The fourth-order valence-corrected chi connectivity index (χ4v) is 1.78. The molecule has 74 valence electrons. The molecular formula is C9H20O2S. The van der Waals surface area contributed by atoms with E-state index >= 15 is 0 Å². The lowest BCUT2D eigenvalue weighted by atomic mass is 9.76. The lowest BCUT2D eigenvalue weighted by Gasteiger charge is -2.33. The third kappa shape index (κ3) is 2.96. The zero-order valence-electron chi connectivity index (χ0n) is 8.21. The largest absolute Gasteiger partial charge is 0.396 e. The monoisotopic (exact) mass is 192 g/mol. The van der Waals surface area contributed by atoms with Crippen molar-refractivity contribution in [2.24, 2.45) is 11.3 Å². The van der Waals surface area contributed by atoms with Crippen molar-refractivity contribution in [3.8, 4) is 0 Å². The summed E-state index contributed by atoms with van der Waals surface area (Å²) in [5.74, 6) is 1.33. The lowest BCUT2D eigenvalue weighted by Crippen LogP contribution is -2.36. The van der Waals surface area contributed by atoms with Gasteiger partial charge < -0.3 is 10.2 Å². The van der Waals surface area contributed by atoms with E-state index in [1.165, 1.54) is 0 Å². The van der Waals surface area contributed by atoms with Crippen molar-refractivity contribution in [3.05, 3.63) is 0 Å². The van der Waals surface area contributed by atoms with Crippen molar-refractivity contribution in [2.45, 2.75) is 20.3 Å². The van der Waals surface area contributed by atoms with Crippen LogP contribution in [0.25, 0.3) is 0 Å². The van der Waals surface area contributed by atoms with E-state index in [-0.39, 0.29) is 18.6 Å². The normalized spacial score (nSPS) is 12.5. The smallest absolute Gasteiger partial charge is 0.0512 e. The summed E-state index contributed by atoms with van der Waals surface area (Å²) >= 11 is 1.75. The van der Waals surface area contributed by atoms with Crippen LogP contribution in [0, 0.1) is 11.3 Å². The minimum atomic E-state index is -0.275. The molecule has 0 atom stereocenters. The zero-order valence-corrected chi connectivity index (χ0v) is 9.02. The number of aliphatic hydroxyl groups is 2. The maximum Gasteiger partial charge on any atom is 0.0512 e. The van der Waals surface area contributed by atoms with E-state index in [0.29, 0.717) is 5.92 Å². The first kappa shape index (κ1) is 12.3. The molecule has 0 saturated heterocycles. The molecular weight excluding hydrogens is 172 g/mol. The van der Waals surface area contributed by atoms with Gasteiger partial charge in [-0.05, 0) is 24.3 Å². The summed E-state index contributed by atoms with van der Waals surface area (Å²) in [7, 11) is 0.